The predicted octanol–water partition coefficient (Wildman–Crippen LogP) is 2.32. The van der Waals surface area contributed by atoms with Gasteiger partial charge in [-0.1, -0.05) is 6.07 Å². The summed E-state index contributed by atoms with van der Waals surface area (Å²) in [6.07, 6.45) is 3.48. The molecule has 0 heterocycles. The molecule has 1 aliphatic carbocycles. The Labute approximate surface area is 87.8 Å². The lowest BCUT2D eigenvalue weighted by Crippen LogP contribution is -2.04. The van der Waals surface area contributed by atoms with Gasteiger partial charge in [-0.3, -0.25) is 4.79 Å². The zero-order chi connectivity index (χ0) is 9.97. The summed E-state index contributed by atoms with van der Waals surface area (Å²) in [6, 6.07) is 5.96. The van der Waals surface area contributed by atoms with Crippen LogP contribution in [0.25, 0.3) is 0 Å². The number of hydrogen-bond donors (Lipinski definition) is 0. The Morgan fingerprint density at radius 3 is 2.93 bits per heavy atom. The van der Waals surface area contributed by atoms with Crippen molar-refractivity contribution in [1.29, 1.82) is 0 Å². The highest BCUT2D eigenvalue weighted by Crippen LogP contribution is 2.25. The number of rotatable bonds is 3. The average Bonchev–Trinajstić information content (AvgIpc) is 2.61. The highest BCUT2D eigenvalue weighted by Gasteiger charge is 2.11. The minimum absolute atomic E-state index is 0.0552. The van der Waals surface area contributed by atoms with Gasteiger partial charge in [-0.2, -0.15) is 0 Å². The van der Waals surface area contributed by atoms with E-state index in [4.69, 9.17) is 16.3 Å². The Bertz CT molecular complexity index is 360. The molecule has 0 saturated heterocycles. The molecule has 0 atom stereocenters. The van der Waals surface area contributed by atoms with Gasteiger partial charge in [-0.05, 0) is 54.1 Å². The highest BCUT2D eigenvalue weighted by molar-refractivity contribution is 6.63. The maximum atomic E-state index is 10.5. The molecule has 0 saturated carbocycles. The lowest BCUT2D eigenvalue weighted by molar-refractivity contribution is -0.113. The van der Waals surface area contributed by atoms with Crippen molar-refractivity contribution in [3.63, 3.8) is 0 Å². The van der Waals surface area contributed by atoms with Gasteiger partial charge in [0.1, 0.15) is 5.75 Å². The van der Waals surface area contributed by atoms with Crippen LogP contribution in [0.3, 0.4) is 0 Å². The molecule has 3 heteroatoms. The van der Waals surface area contributed by atoms with Gasteiger partial charge in [-0.25, -0.2) is 0 Å². The Kier molecular flexibility index (Phi) is 2.73. The third-order valence-corrected chi connectivity index (χ3v) is 2.53. The topological polar surface area (TPSA) is 26.3 Å². The summed E-state index contributed by atoms with van der Waals surface area (Å²) < 4.78 is 5.21. The van der Waals surface area contributed by atoms with Gasteiger partial charge in [0.15, 0.2) is 6.61 Å². The number of hydrogen-bond acceptors (Lipinski definition) is 2. The van der Waals surface area contributed by atoms with E-state index >= 15 is 0 Å². The van der Waals surface area contributed by atoms with Crippen molar-refractivity contribution in [2.24, 2.45) is 0 Å². The second-order valence-electron chi connectivity index (χ2n) is 3.43. The van der Waals surface area contributed by atoms with E-state index in [-0.39, 0.29) is 6.61 Å². The van der Waals surface area contributed by atoms with E-state index in [9.17, 15) is 4.79 Å². The SMILES string of the molecule is O=C(Cl)COc1ccc2c(c1)CCC2. The molecule has 0 amide bonds. The Hall–Kier alpha value is -1.02. The first kappa shape index (κ1) is 9.53. The molecular formula is C11H11ClO2. The lowest BCUT2D eigenvalue weighted by atomic mass is 10.1. The number of aryl methyl sites for hydroxylation is 2. The van der Waals surface area contributed by atoms with E-state index in [2.05, 4.69) is 6.07 Å². The first-order valence-corrected chi connectivity index (χ1v) is 5.06. The minimum atomic E-state index is -0.467. The van der Waals surface area contributed by atoms with Crippen LogP contribution in [-0.2, 0) is 17.6 Å². The third-order valence-electron chi connectivity index (χ3n) is 2.42. The van der Waals surface area contributed by atoms with E-state index in [1.807, 2.05) is 12.1 Å². The molecule has 0 aliphatic heterocycles. The molecule has 2 rings (SSSR count). The fraction of sp³-hybridized carbons (Fsp3) is 0.364. The number of carbonyl (C=O) groups is 1. The Balaban J connectivity index is 2.09. The van der Waals surface area contributed by atoms with Gasteiger partial charge in [0.25, 0.3) is 5.24 Å². The first-order chi connectivity index (χ1) is 6.75. The smallest absolute Gasteiger partial charge is 0.259 e. The average molecular weight is 211 g/mol. The summed E-state index contributed by atoms with van der Waals surface area (Å²) >= 11 is 5.18. The monoisotopic (exact) mass is 210 g/mol. The van der Waals surface area contributed by atoms with Crippen molar-refractivity contribution in [1.82, 2.24) is 0 Å². The number of ether oxygens (including phenoxy) is 1. The zero-order valence-corrected chi connectivity index (χ0v) is 8.51. The first-order valence-electron chi connectivity index (χ1n) is 4.68. The fourth-order valence-electron chi connectivity index (χ4n) is 1.78. The molecule has 1 aromatic rings. The van der Waals surface area contributed by atoms with Gasteiger partial charge < -0.3 is 4.74 Å². The second kappa shape index (κ2) is 4.01. The number of benzene rings is 1. The quantitative estimate of drug-likeness (QED) is 0.716. The second-order valence-corrected chi connectivity index (χ2v) is 3.85. The largest absolute Gasteiger partial charge is 0.484 e. The molecule has 0 fully saturated rings. The Morgan fingerprint density at radius 1 is 1.36 bits per heavy atom. The van der Waals surface area contributed by atoms with Crippen molar-refractivity contribution in [3.05, 3.63) is 29.3 Å². The van der Waals surface area contributed by atoms with E-state index < -0.39 is 5.24 Å². The fourth-order valence-corrected chi connectivity index (χ4v) is 1.83. The van der Waals surface area contributed by atoms with Crippen LogP contribution in [-0.4, -0.2) is 11.8 Å². The van der Waals surface area contributed by atoms with Crippen LogP contribution in [0.15, 0.2) is 18.2 Å². The molecule has 2 nitrogen and oxygen atoms in total. The predicted molar refractivity (Wildman–Crippen MR) is 54.8 cm³/mol. The van der Waals surface area contributed by atoms with Crippen molar-refractivity contribution in [3.8, 4) is 5.75 Å². The highest BCUT2D eigenvalue weighted by atomic mass is 35.5. The van der Waals surface area contributed by atoms with Crippen LogP contribution >= 0.6 is 11.6 Å². The van der Waals surface area contributed by atoms with Crippen LogP contribution in [0.2, 0.25) is 0 Å². The van der Waals surface area contributed by atoms with Gasteiger partial charge in [-0.15, -0.1) is 0 Å². The van der Waals surface area contributed by atoms with Gasteiger partial charge in [0.05, 0.1) is 0 Å². The maximum Gasteiger partial charge on any atom is 0.259 e. The van der Waals surface area contributed by atoms with Crippen LogP contribution in [0.1, 0.15) is 17.5 Å². The van der Waals surface area contributed by atoms with E-state index in [0.717, 1.165) is 18.6 Å². The van der Waals surface area contributed by atoms with Crippen molar-refractivity contribution in [2.45, 2.75) is 19.3 Å². The summed E-state index contributed by atoms with van der Waals surface area (Å²) in [5.74, 6) is 0.736. The summed E-state index contributed by atoms with van der Waals surface area (Å²) in [5.41, 5.74) is 2.74. The molecule has 1 aliphatic rings. The van der Waals surface area contributed by atoms with Crippen LogP contribution in [0.4, 0.5) is 0 Å². The zero-order valence-electron chi connectivity index (χ0n) is 7.75. The van der Waals surface area contributed by atoms with Crippen molar-refractivity contribution >= 4 is 16.8 Å². The molecule has 0 unspecified atom stereocenters. The molecule has 0 N–H and O–H groups in total. The standard InChI is InChI=1S/C11H11ClO2/c12-11(13)7-14-10-5-4-8-2-1-3-9(8)6-10/h4-6H,1-3,7H2. The van der Waals surface area contributed by atoms with E-state index in [1.165, 1.54) is 17.5 Å². The molecule has 0 radical (unpaired) electrons. The van der Waals surface area contributed by atoms with Crippen LogP contribution in [0, 0.1) is 0 Å². The molecule has 74 valence electrons. The molecule has 0 bridgehead atoms. The summed E-state index contributed by atoms with van der Waals surface area (Å²) in [5, 5.41) is -0.467. The van der Waals surface area contributed by atoms with Crippen LogP contribution < -0.4 is 4.74 Å². The molecule has 0 aromatic heterocycles. The molecule has 1 aromatic carbocycles. The molecular weight excluding hydrogens is 200 g/mol. The minimum Gasteiger partial charge on any atom is -0.484 e. The third kappa shape index (κ3) is 2.07. The van der Waals surface area contributed by atoms with Crippen molar-refractivity contribution in [2.75, 3.05) is 6.61 Å². The number of carbonyl (C=O) groups excluding carboxylic acids is 1. The Morgan fingerprint density at radius 2 is 2.14 bits per heavy atom. The van der Waals surface area contributed by atoms with E-state index in [1.54, 1.807) is 0 Å². The normalized spacial score (nSPS) is 13.8. The van der Waals surface area contributed by atoms with Gasteiger partial charge in [0.2, 0.25) is 0 Å². The summed E-state index contributed by atoms with van der Waals surface area (Å²) in [4.78, 5) is 10.5. The molecule has 14 heavy (non-hydrogen) atoms. The van der Waals surface area contributed by atoms with Crippen LogP contribution in [0.5, 0.6) is 5.75 Å². The van der Waals surface area contributed by atoms with Crippen molar-refractivity contribution < 1.29 is 9.53 Å². The van der Waals surface area contributed by atoms with Gasteiger partial charge in [0, 0.05) is 0 Å². The van der Waals surface area contributed by atoms with E-state index in [0.29, 0.717) is 0 Å². The maximum absolute atomic E-state index is 10.5. The number of fused-ring (bicyclic) bond motifs is 1. The number of halogens is 1. The summed E-state index contributed by atoms with van der Waals surface area (Å²) in [7, 11) is 0. The summed E-state index contributed by atoms with van der Waals surface area (Å²) in [6.45, 7) is -0.0552. The lowest BCUT2D eigenvalue weighted by Gasteiger charge is -2.05. The molecule has 0 spiro atoms. The van der Waals surface area contributed by atoms with Gasteiger partial charge >= 0.3 is 0 Å².